The summed E-state index contributed by atoms with van der Waals surface area (Å²) in [6, 6.07) is 22.5. The molecule has 0 radical (unpaired) electrons. The second kappa shape index (κ2) is 20.1. The summed E-state index contributed by atoms with van der Waals surface area (Å²) in [6.07, 6.45) is 5.81. The molecule has 2 aromatic carbocycles. The molecule has 340 valence electrons. The van der Waals surface area contributed by atoms with Gasteiger partial charge in [0.25, 0.3) is 5.91 Å². The average molecular weight is 994 g/mol. The molecule has 66 heavy (non-hydrogen) atoms. The van der Waals surface area contributed by atoms with E-state index in [0.717, 1.165) is 69.2 Å². The number of fused-ring (bicyclic) bond motifs is 2. The third kappa shape index (κ3) is 9.48. The Morgan fingerprint density at radius 2 is 1.42 bits per heavy atom. The molecule has 3 atom stereocenters. The van der Waals surface area contributed by atoms with E-state index in [1.165, 1.54) is 34.0 Å². The maximum atomic E-state index is 14.3. The Kier molecular flexibility index (Phi) is 14.1. The van der Waals surface area contributed by atoms with Gasteiger partial charge in [-0.2, -0.15) is 0 Å². The van der Waals surface area contributed by atoms with Crippen LogP contribution in [0.5, 0.6) is 0 Å². The molecule has 1 fully saturated rings. The van der Waals surface area contributed by atoms with Crippen molar-refractivity contribution in [2.45, 2.75) is 53.5 Å². The predicted molar refractivity (Wildman–Crippen MR) is 274 cm³/mol. The fraction of sp³-hybridized carbons (Fsp3) is 0.271. The number of hydrogen-bond acceptors (Lipinski definition) is 14. The number of hydrogen-bond donors (Lipinski definition) is 3. The summed E-state index contributed by atoms with van der Waals surface area (Å²) in [6.45, 7) is 3.97. The quantitative estimate of drug-likeness (QED) is 0.0615. The highest BCUT2D eigenvalue weighted by molar-refractivity contribution is 7.94. The lowest BCUT2D eigenvalue weighted by atomic mass is 9.98. The molecule has 5 N–H and O–H groups in total. The van der Waals surface area contributed by atoms with E-state index in [1.807, 2.05) is 70.3 Å². The van der Waals surface area contributed by atoms with Gasteiger partial charge in [0.2, 0.25) is 8.42 Å². The minimum Gasteiger partial charge on any atom is -0.611 e. The van der Waals surface area contributed by atoms with Crippen LogP contribution in [-0.4, -0.2) is 95.1 Å². The van der Waals surface area contributed by atoms with Gasteiger partial charge in [-0.1, -0.05) is 66.3 Å². The third-order valence-electron chi connectivity index (χ3n) is 11.9. The first-order chi connectivity index (χ1) is 32.0. The molecular weight excluding hydrogens is 947 g/mol. The maximum absolute atomic E-state index is 14.3. The number of nitrogen functional groups attached to an aromatic ring is 2. The van der Waals surface area contributed by atoms with Crippen molar-refractivity contribution >= 4 is 111 Å². The van der Waals surface area contributed by atoms with Gasteiger partial charge in [0.05, 0.1) is 16.1 Å². The minimum absolute atomic E-state index is 0.0413. The van der Waals surface area contributed by atoms with Crippen LogP contribution in [0.2, 0.25) is 0 Å². The summed E-state index contributed by atoms with van der Waals surface area (Å²) in [5, 5.41) is 15.7. The first kappa shape index (κ1) is 46.2. The van der Waals surface area contributed by atoms with Crippen LogP contribution in [0.4, 0.5) is 11.4 Å². The van der Waals surface area contributed by atoms with Gasteiger partial charge < -0.3 is 30.6 Å². The number of amides is 1. The fourth-order valence-corrected chi connectivity index (χ4v) is 15.1. The lowest BCUT2D eigenvalue weighted by molar-refractivity contribution is 0.0530. The maximum Gasteiger partial charge on any atom is 0.335 e. The van der Waals surface area contributed by atoms with Crippen LogP contribution in [0.1, 0.15) is 59.7 Å². The Hall–Kier alpha value is -4.89. The summed E-state index contributed by atoms with van der Waals surface area (Å²) in [5.41, 5.74) is 19.7. The standard InChI is InChI=1S/C48H47N7O5S6/c1-3-4-21-65(59)47-40(49)38-33(25-35(52-43(38)63-47)37-15-9-19-61-37)28-10-7-12-30(23-28)45(56)55-18-17-54(2)32(27-55)14-5-6-22-66(60)48-41(50)39-34(29-11-8-13-31(24-29)46(57)58)26-36(53-44(39)64-48)42-51-16-20-62-42/h7-13,15-16,19-20,23-26,32H,3-6,14,17-18,21-22,27,49-50H2,1-2H3,(H,57,58). The van der Waals surface area contributed by atoms with Crippen molar-refractivity contribution in [3.8, 4) is 43.5 Å². The van der Waals surface area contributed by atoms with Gasteiger partial charge in [-0.25, -0.2) is 19.7 Å². The van der Waals surface area contributed by atoms with Crippen LogP contribution < -0.4 is 11.5 Å². The number of nitrogens with zero attached hydrogens (tertiary/aromatic N) is 5. The number of carboxylic acid groups (broad SMARTS) is 1. The number of piperazine rings is 1. The number of pyridine rings is 2. The van der Waals surface area contributed by atoms with Crippen LogP contribution in [0.15, 0.2) is 98.2 Å². The number of aromatic nitrogens is 3. The van der Waals surface area contributed by atoms with E-state index in [1.54, 1.807) is 35.7 Å². The van der Waals surface area contributed by atoms with E-state index in [9.17, 15) is 23.8 Å². The SMILES string of the molecule is CCCC[S+]([O-])c1sc2nc(-c3cccs3)cc(-c3cccc(C(=O)N4CCN(C)C(CCCC[S+]([O-])c5sc6nc(-c7nccs7)cc(-c7cccc(C(=O)O)c7)c6c5N)C4)c3)c2c1N. The molecule has 1 amide bonds. The van der Waals surface area contributed by atoms with Crippen LogP contribution in [0, 0.1) is 0 Å². The molecule has 9 rings (SSSR count). The van der Waals surface area contributed by atoms with E-state index in [-0.39, 0.29) is 17.5 Å². The molecule has 0 aliphatic carbocycles. The number of nitrogens with two attached hydrogens (primary N) is 2. The molecule has 1 aliphatic rings. The molecule has 0 spiro atoms. The number of likely N-dealkylation sites (N-methyl/N-ethyl adjacent to an activating group) is 1. The molecule has 1 saturated heterocycles. The normalized spacial score (nSPS) is 15.5. The molecular formula is C48H47N7O5S6. The van der Waals surface area contributed by atoms with Crippen molar-refractivity contribution < 1.29 is 23.8 Å². The number of anilines is 2. The molecule has 6 aromatic heterocycles. The molecule has 3 unspecified atom stereocenters. The van der Waals surface area contributed by atoms with Gasteiger partial charge in [-0.3, -0.25) is 9.69 Å². The number of carboxylic acids is 1. The number of unbranched alkanes of at least 4 members (excludes halogenated alkanes) is 2. The van der Waals surface area contributed by atoms with Crippen LogP contribution in [0.25, 0.3) is 64.0 Å². The molecule has 12 nitrogen and oxygen atoms in total. The Labute approximate surface area is 404 Å². The van der Waals surface area contributed by atoms with Crippen molar-refractivity contribution in [1.29, 1.82) is 0 Å². The van der Waals surface area contributed by atoms with Gasteiger partial charge in [-0.05, 0) is 125 Å². The smallest absolute Gasteiger partial charge is 0.335 e. The summed E-state index contributed by atoms with van der Waals surface area (Å²) in [7, 11) is 2.09. The second-order valence-corrected chi connectivity index (χ2v) is 23.6. The number of thiazole rings is 1. The zero-order chi connectivity index (χ0) is 46.1. The fourth-order valence-electron chi connectivity index (χ4n) is 8.34. The molecule has 0 saturated carbocycles. The van der Waals surface area contributed by atoms with Crippen LogP contribution in [0.3, 0.4) is 0 Å². The molecule has 7 heterocycles. The average Bonchev–Trinajstić information content (AvgIpc) is 4.18. The van der Waals surface area contributed by atoms with E-state index in [2.05, 4.69) is 23.9 Å². The Morgan fingerprint density at radius 1 is 0.788 bits per heavy atom. The topological polar surface area (TPSA) is 198 Å². The summed E-state index contributed by atoms with van der Waals surface area (Å²) < 4.78 is 28.5. The van der Waals surface area contributed by atoms with Crippen molar-refractivity contribution in [3.05, 3.63) is 101 Å². The van der Waals surface area contributed by atoms with Gasteiger partial charge in [0.15, 0.2) is 0 Å². The van der Waals surface area contributed by atoms with E-state index in [0.29, 0.717) is 83.4 Å². The van der Waals surface area contributed by atoms with Gasteiger partial charge in [0.1, 0.15) is 43.2 Å². The largest absolute Gasteiger partial charge is 0.611 e. The van der Waals surface area contributed by atoms with Crippen LogP contribution in [-0.2, 0) is 22.4 Å². The highest BCUT2D eigenvalue weighted by Crippen LogP contribution is 2.46. The minimum atomic E-state index is -1.40. The third-order valence-corrected chi connectivity index (χ3v) is 19.6. The number of benzene rings is 2. The number of carbonyl (C=O) groups excluding carboxylic acids is 1. The predicted octanol–water partition coefficient (Wildman–Crippen LogP) is 10.6. The zero-order valence-electron chi connectivity index (χ0n) is 36.2. The first-order valence-corrected chi connectivity index (χ1v) is 27.6. The van der Waals surface area contributed by atoms with Crippen molar-refractivity contribution in [1.82, 2.24) is 24.8 Å². The highest BCUT2D eigenvalue weighted by Gasteiger charge is 2.30. The number of aromatic carboxylic acids is 1. The van der Waals surface area contributed by atoms with Crippen molar-refractivity contribution in [3.63, 3.8) is 0 Å². The summed E-state index contributed by atoms with van der Waals surface area (Å²) >= 11 is 3.11. The van der Waals surface area contributed by atoms with Crippen LogP contribution >= 0.6 is 45.3 Å². The molecule has 8 aromatic rings. The Morgan fingerprint density at radius 3 is 2.05 bits per heavy atom. The van der Waals surface area contributed by atoms with E-state index >= 15 is 0 Å². The molecule has 18 heteroatoms. The van der Waals surface area contributed by atoms with E-state index in [4.69, 9.17) is 21.4 Å². The monoisotopic (exact) mass is 993 g/mol. The summed E-state index contributed by atoms with van der Waals surface area (Å²) in [4.78, 5) is 47.1. The molecule has 1 aliphatic heterocycles. The number of thiophene rings is 3. The van der Waals surface area contributed by atoms with Crippen molar-refractivity contribution in [2.75, 3.05) is 49.7 Å². The lowest BCUT2D eigenvalue weighted by Gasteiger charge is -2.39. The number of rotatable bonds is 16. The first-order valence-electron chi connectivity index (χ1n) is 21.6. The Bertz CT molecular complexity index is 3030. The van der Waals surface area contributed by atoms with Crippen molar-refractivity contribution in [2.24, 2.45) is 0 Å². The molecule has 0 bridgehead atoms. The van der Waals surface area contributed by atoms with Gasteiger partial charge >= 0.3 is 5.97 Å². The second-order valence-electron chi connectivity index (χ2n) is 16.2. The highest BCUT2D eigenvalue weighted by atomic mass is 32.2. The summed E-state index contributed by atoms with van der Waals surface area (Å²) in [5.74, 6) is -0.119. The van der Waals surface area contributed by atoms with Gasteiger partial charge in [-0.15, -0.1) is 22.7 Å². The number of carbonyl (C=O) groups is 2. The lowest BCUT2D eigenvalue weighted by Crippen LogP contribution is -2.53. The zero-order valence-corrected chi connectivity index (χ0v) is 41.1. The Balaban J connectivity index is 0.894. The van der Waals surface area contributed by atoms with E-state index < -0.39 is 28.3 Å². The van der Waals surface area contributed by atoms with Gasteiger partial charge in [0, 0.05) is 53.6 Å².